The van der Waals surface area contributed by atoms with Crippen molar-refractivity contribution in [1.29, 1.82) is 0 Å². The van der Waals surface area contributed by atoms with Crippen LogP contribution >= 0.6 is 48.0 Å². The molecule has 2 heterocycles. The molecule has 0 saturated carbocycles. The zero-order valence-corrected chi connectivity index (χ0v) is 18.0. The number of hydrogen-bond donors (Lipinski definition) is 0. The lowest BCUT2D eigenvalue weighted by atomic mass is 10.2. The molecule has 1 aromatic carbocycles. The average Bonchev–Trinajstić information content (AvgIpc) is 2.72. The summed E-state index contributed by atoms with van der Waals surface area (Å²) in [4.78, 5) is 4.47. The van der Waals surface area contributed by atoms with Gasteiger partial charge >= 0.3 is 0 Å². The van der Waals surface area contributed by atoms with Crippen LogP contribution in [-0.4, -0.2) is 71.0 Å². The zero-order chi connectivity index (χ0) is 18.2. The number of thiocarbonyl (C=S) groups is 2. The third-order valence-corrected chi connectivity index (χ3v) is 7.48. The van der Waals surface area contributed by atoms with Gasteiger partial charge in [-0.25, -0.2) is 0 Å². The van der Waals surface area contributed by atoms with Gasteiger partial charge in [0.1, 0.15) is 8.64 Å². The van der Waals surface area contributed by atoms with Crippen molar-refractivity contribution >= 4 is 56.6 Å². The Kier molecular flexibility index (Phi) is 8.48. The molecule has 142 valence electrons. The van der Waals surface area contributed by atoms with Crippen molar-refractivity contribution in [2.24, 2.45) is 0 Å². The number of ether oxygens (including phenoxy) is 2. The van der Waals surface area contributed by atoms with Gasteiger partial charge in [-0.15, -0.1) is 0 Å². The number of morpholine rings is 2. The van der Waals surface area contributed by atoms with E-state index >= 15 is 0 Å². The molecule has 2 fully saturated rings. The molecular weight excluding hydrogens is 404 g/mol. The number of nitrogens with zero attached hydrogens (tertiary/aromatic N) is 2. The maximum absolute atomic E-state index is 5.53. The predicted octanol–water partition coefficient (Wildman–Crippen LogP) is 3.39. The number of rotatable bonds is 4. The minimum absolute atomic E-state index is 0.777. The van der Waals surface area contributed by atoms with Gasteiger partial charge in [0.2, 0.25) is 0 Å². The highest BCUT2D eigenvalue weighted by Gasteiger charge is 2.15. The fraction of sp³-hybridized carbons (Fsp3) is 0.556. The summed E-state index contributed by atoms with van der Waals surface area (Å²) in [5.41, 5.74) is 2.60. The van der Waals surface area contributed by atoms with Gasteiger partial charge in [-0.2, -0.15) is 0 Å². The van der Waals surface area contributed by atoms with E-state index in [-0.39, 0.29) is 0 Å². The third kappa shape index (κ3) is 6.35. The lowest BCUT2D eigenvalue weighted by Crippen LogP contribution is -2.38. The van der Waals surface area contributed by atoms with Crippen molar-refractivity contribution in [3.63, 3.8) is 0 Å². The standard InChI is InChI=1S/C18H24N2O2S4/c23-17(19-5-9-21-10-6-19)25-13-15-1-2-16(4-3-15)14-26-18(24)20-7-11-22-12-8-20/h1-4H,5-14H2. The fourth-order valence-electron chi connectivity index (χ4n) is 2.70. The van der Waals surface area contributed by atoms with E-state index in [1.807, 2.05) is 0 Å². The first-order valence-corrected chi connectivity index (χ1v) is 11.6. The van der Waals surface area contributed by atoms with Gasteiger partial charge in [-0.3, -0.25) is 0 Å². The molecule has 2 saturated heterocycles. The molecule has 0 atom stereocenters. The van der Waals surface area contributed by atoms with Crippen LogP contribution in [0.15, 0.2) is 24.3 Å². The number of benzene rings is 1. The van der Waals surface area contributed by atoms with Crippen LogP contribution in [0.5, 0.6) is 0 Å². The van der Waals surface area contributed by atoms with Crippen LogP contribution in [0.3, 0.4) is 0 Å². The first-order valence-electron chi connectivity index (χ1n) is 8.79. The second-order valence-electron chi connectivity index (χ2n) is 6.12. The smallest absolute Gasteiger partial charge is 0.136 e. The molecule has 1 aromatic rings. The molecule has 26 heavy (non-hydrogen) atoms. The van der Waals surface area contributed by atoms with Gasteiger partial charge < -0.3 is 19.3 Å². The van der Waals surface area contributed by atoms with Crippen LogP contribution in [0.25, 0.3) is 0 Å². The molecule has 0 amide bonds. The molecule has 0 bridgehead atoms. The van der Waals surface area contributed by atoms with Crippen LogP contribution in [0.1, 0.15) is 11.1 Å². The highest BCUT2D eigenvalue weighted by atomic mass is 32.2. The molecule has 0 N–H and O–H groups in total. The SMILES string of the molecule is S=C(SCc1ccc(CSC(=S)N2CCOCC2)cc1)N1CCOCC1. The summed E-state index contributed by atoms with van der Waals surface area (Å²) >= 11 is 14.5. The van der Waals surface area contributed by atoms with E-state index in [9.17, 15) is 0 Å². The Balaban J connectivity index is 1.40. The van der Waals surface area contributed by atoms with E-state index in [0.29, 0.717) is 0 Å². The highest BCUT2D eigenvalue weighted by Crippen LogP contribution is 2.21. The summed E-state index contributed by atoms with van der Waals surface area (Å²) in [7, 11) is 0. The Morgan fingerprint density at radius 2 is 1.08 bits per heavy atom. The molecule has 0 radical (unpaired) electrons. The molecule has 0 unspecified atom stereocenters. The number of hydrogen-bond acceptors (Lipinski definition) is 6. The van der Waals surface area contributed by atoms with E-state index < -0.39 is 0 Å². The molecule has 2 aliphatic rings. The summed E-state index contributed by atoms with van der Waals surface area (Å²) in [6, 6.07) is 8.79. The topological polar surface area (TPSA) is 24.9 Å². The van der Waals surface area contributed by atoms with Crippen LogP contribution in [0, 0.1) is 0 Å². The Morgan fingerprint density at radius 1 is 0.731 bits per heavy atom. The largest absolute Gasteiger partial charge is 0.378 e. The minimum Gasteiger partial charge on any atom is -0.378 e. The van der Waals surface area contributed by atoms with E-state index in [1.54, 1.807) is 23.5 Å². The molecule has 3 rings (SSSR count). The van der Waals surface area contributed by atoms with Crippen LogP contribution in [-0.2, 0) is 21.0 Å². The van der Waals surface area contributed by atoms with E-state index in [4.69, 9.17) is 33.9 Å². The maximum Gasteiger partial charge on any atom is 0.136 e. The van der Waals surface area contributed by atoms with Gasteiger partial charge in [0.15, 0.2) is 0 Å². The molecule has 4 nitrogen and oxygen atoms in total. The second-order valence-corrected chi connectivity index (χ2v) is 9.34. The quantitative estimate of drug-likeness (QED) is 0.673. The van der Waals surface area contributed by atoms with Crippen molar-refractivity contribution in [1.82, 2.24) is 9.80 Å². The van der Waals surface area contributed by atoms with Crippen molar-refractivity contribution in [3.05, 3.63) is 35.4 Å². The normalized spacial score (nSPS) is 18.0. The zero-order valence-electron chi connectivity index (χ0n) is 14.7. The molecule has 0 aliphatic carbocycles. The van der Waals surface area contributed by atoms with Gasteiger partial charge in [-0.05, 0) is 11.1 Å². The third-order valence-electron chi connectivity index (χ3n) is 4.29. The van der Waals surface area contributed by atoms with Crippen molar-refractivity contribution < 1.29 is 9.47 Å². The van der Waals surface area contributed by atoms with E-state index in [1.165, 1.54) is 11.1 Å². The maximum atomic E-state index is 5.53. The van der Waals surface area contributed by atoms with Crippen molar-refractivity contribution in [2.45, 2.75) is 11.5 Å². The fourth-order valence-corrected chi connectivity index (χ4v) is 5.11. The minimum atomic E-state index is 0.777. The Morgan fingerprint density at radius 3 is 1.42 bits per heavy atom. The summed E-state index contributed by atoms with van der Waals surface area (Å²) in [6.45, 7) is 6.74. The first-order chi connectivity index (χ1) is 12.7. The van der Waals surface area contributed by atoms with Crippen LogP contribution in [0.2, 0.25) is 0 Å². The van der Waals surface area contributed by atoms with Gasteiger partial charge in [0, 0.05) is 37.7 Å². The summed E-state index contributed by atoms with van der Waals surface area (Å²) in [5.74, 6) is 1.83. The van der Waals surface area contributed by atoms with Gasteiger partial charge in [0.25, 0.3) is 0 Å². The van der Waals surface area contributed by atoms with E-state index in [0.717, 1.165) is 72.8 Å². The lowest BCUT2D eigenvalue weighted by molar-refractivity contribution is 0.0702. The monoisotopic (exact) mass is 428 g/mol. The number of thioether (sulfide) groups is 2. The van der Waals surface area contributed by atoms with Gasteiger partial charge in [0.05, 0.1) is 26.4 Å². The van der Waals surface area contributed by atoms with Crippen molar-refractivity contribution in [3.8, 4) is 0 Å². The van der Waals surface area contributed by atoms with Crippen molar-refractivity contribution in [2.75, 3.05) is 52.6 Å². The second kappa shape index (κ2) is 10.8. The Hall–Kier alpha value is -0.380. The summed E-state index contributed by atoms with van der Waals surface area (Å²) in [5, 5.41) is 0. The van der Waals surface area contributed by atoms with E-state index in [2.05, 4.69) is 34.1 Å². The lowest BCUT2D eigenvalue weighted by Gasteiger charge is -2.28. The molecule has 0 aromatic heterocycles. The van der Waals surface area contributed by atoms with Crippen LogP contribution < -0.4 is 0 Å². The Bertz CT molecular complexity index is 547. The predicted molar refractivity (Wildman–Crippen MR) is 119 cm³/mol. The highest BCUT2D eigenvalue weighted by molar-refractivity contribution is 8.22. The average molecular weight is 429 g/mol. The molecule has 0 spiro atoms. The summed E-state index contributed by atoms with van der Waals surface area (Å²) in [6.07, 6.45) is 0. The molecule has 8 heteroatoms. The summed E-state index contributed by atoms with van der Waals surface area (Å²) < 4.78 is 12.7. The Labute approximate surface area is 175 Å². The van der Waals surface area contributed by atoms with Gasteiger partial charge in [-0.1, -0.05) is 72.2 Å². The molecular formula is C18H24N2O2S4. The van der Waals surface area contributed by atoms with Crippen LogP contribution in [0.4, 0.5) is 0 Å². The first kappa shape index (κ1) is 20.4. The molecule has 2 aliphatic heterocycles.